The lowest BCUT2D eigenvalue weighted by atomic mass is 9.95. The first-order valence-electron chi connectivity index (χ1n) is 11.6. The largest absolute Gasteiger partial charge is 0.558 e. The number of hydrogen-bond donors (Lipinski definition) is 0. The fourth-order valence-electron chi connectivity index (χ4n) is 4.56. The molecule has 0 spiro atoms. The molecule has 2 aromatic heterocycles. The Morgan fingerprint density at radius 2 is 2.00 bits per heavy atom. The quantitative estimate of drug-likeness (QED) is 0.404. The summed E-state index contributed by atoms with van der Waals surface area (Å²) in [6.45, 7) is 14.9. The smallest absolute Gasteiger partial charge is 0.396 e. The van der Waals surface area contributed by atoms with Crippen molar-refractivity contribution in [3.63, 3.8) is 0 Å². The van der Waals surface area contributed by atoms with Crippen molar-refractivity contribution in [1.82, 2.24) is 19.3 Å². The van der Waals surface area contributed by atoms with Crippen molar-refractivity contribution in [3.8, 4) is 6.07 Å². The third kappa shape index (κ3) is 5.32. The lowest BCUT2D eigenvalue weighted by molar-refractivity contribution is -0.0229. The van der Waals surface area contributed by atoms with Crippen LogP contribution in [0, 0.1) is 25.2 Å². The molecule has 0 bridgehead atoms. The maximum atomic E-state index is 8.95. The number of hydrogen-bond acceptors (Lipinski definition) is 7. The maximum absolute atomic E-state index is 8.95. The fraction of sp³-hybridized carbons (Fsp3) is 0.696. The summed E-state index contributed by atoms with van der Waals surface area (Å²) < 4.78 is 21.1. The molecule has 8 nitrogen and oxygen atoms in total. The van der Waals surface area contributed by atoms with Gasteiger partial charge in [0.1, 0.15) is 17.7 Å². The van der Waals surface area contributed by atoms with E-state index in [0.29, 0.717) is 19.4 Å². The number of fused-ring (bicyclic) bond motifs is 1. The molecular formula is C23H36BN5O3. The van der Waals surface area contributed by atoms with Crippen molar-refractivity contribution in [3.05, 3.63) is 23.8 Å². The Hall–Kier alpha value is -1.99. The number of aryl methyl sites for hydroxylation is 2. The van der Waals surface area contributed by atoms with Crippen LogP contribution in [0.4, 0.5) is 0 Å². The monoisotopic (exact) mass is 441 g/mol. The summed E-state index contributed by atoms with van der Waals surface area (Å²) in [5, 5.41) is 9.99. The summed E-state index contributed by atoms with van der Waals surface area (Å²) in [5.74, 6) is 0.753. The molecule has 1 aliphatic heterocycles. The molecule has 3 rings (SSSR count). The summed E-state index contributed by atoms with van der Waals surface area (Å²) in [6, 6.07) is 4.66. The van der Waals surface area contributed by atoms with Crippen LogP contribution in [0.1, 0.15) is 71.6 Å². The highest BCUT2D eigenvalue weighted by molar-refractivity contribution is 6.41. The Bertz CT molecular complexity index is 934. The molecule has 0 saturated carbocycles. The molecule has 32 heavy (non-hydrogen) atoms. The lowest BCUT2D eigenvalue weighted by Gasteiger charge is -2.35. The van der Waals surface area contributed by atoms with Crippen molar-refractivity contribution in [2.24, 2.45) is 0 Å². The van der Waals surface area contributed by atoms with Gasteiger partial charge in [-0.3, -0.25) is 4.81 Å². The van der Waals surface area contributed by atoms with E-state index in [9.17, 15) is 0 Å². The molecule has 174 valence electrons. The van der Waals surface area contributed by atoms with Crippen molar-refractivity contribution in [2.75, 3.05) is 6.61 Å². The van der Waals surface area contributed by atoms with Crippen LogP contribution < -0.4 is 0 Å². The molecule has 0 amide bonds. The average molecular weight is 441 g/mol. The highest BCUT2D eigenvalue weighted by atomic mass is 16.6. The van der Waals surface area contributed by atoms with E-state index in [0.717, 1.165) is 29.0 Å². The van der Waals surface area contributed by atoms with Crippen molar-refractivity contribution >= 4 is 18.3 Å². The zero-order chi connectivity index (χ0) is 23.4. The van der Waals surface area contributed by atoms with Gasteiger partial charge in [-0.1, -0.05) is 34.6 Å². The van der Waals surface area contributed by atoms with Crippen LogP contribution in [0.25, 0.3) is 11.0 Å². The predicted molar refractivity (Wildman–Crippen MR) is 125 cm³/mol. The molecule has 0 aliphatic carbocycles. The Morgan fingerprint density at radius 3 is 2.62 bits per heavy atom. The van der Waals surface area contributed by atoms with Gasteiger partial charge in [-0.25, -0.2) is 9.97 Å². The van der Waals surface area contributed by atoms with Gasteiger partial charge in [-0.2, -0.15) is 5.26 Å². The first-order chi connectivity index (χ1) is 15.3. The van der Waals surface area contributed by atoms with Crippen molar-refractivity contribution in [2.45, 2.75) is 98.2 Å². The molecule has 3 heterocycles. The molecule has 1 aliphatic rings. The maximum Gasteiger partial charge on any atom is 0.558 e. The molecule has 0 N–H and O–H groups in total. The van der Waals surface area contributed by atoms with Gasteiger partial charge in [-0.15, -0.1) is 0 Å². The highest BCUT2D eigenvalue weighted by Gasteiger charge is 2.42. The fourth-order valence-corrected chi connectivity index (χ4v) is 4.56. The molecule has 1 saturated heterocycles. The van der Waals surface area contributed by atoms with Crippen LogP contribution in [0.5, 0.6) is 0 Å². The van der Waals surface area contributed by atoms with Gasteiger partial charge in [0.2, 0.25) is 0 Å². The molecule has 2 aromatic rings. The molecule has 0 radical (unpaired) electrons. The van der Waals surface area contributed by atoms with Gasteiger partial charge in [0.15, 0.2) is 0 Å². The first kappa shape index (κ1) is 24.7. The minimum absolute atomic E-state index is 0.0512. The Kier molecular flexibility index (Phi) is 8.29. The number of ether oxygens (including phenoxy) is 1. The van der Waals surface area contributed by atoms with Crippen molar-refractivity contribution in [1.29, 1.82) is 5.26 Å². The van der Waals surface area contributed by atoms with Gasteiger partial charge in [0.25, 0.3) is 0 Å². The van der Waals surface area contributed by atoms with Crippen molar-refractivity contribution < 1.29 is 14.0 Å². The second-order valence-electron chi connectivity index (χ2n) is 8.98. The van der Waals surface area contributed by atoms with E-state index < -0.39 is 7.25 Å². The predicted octanol–water partition coefficient (Wildman–Crippen LogP) is 4.16. The molecule has 3 atom stereocenters. The number of nitrogens with zero attached hydrogens (tertiary/aromatic N) is 5. The molecule has 0 aromatic carbocycles. The Labute approximate surface area is 192 Å². The lowest BCUT2D eigenvalue weighted by Crippen LogP contribution is -2.53. The van der Waals surface area contributed by atoms with E-state index in [2.05, 4.69) is 66.1 Å². The second-order valence-corrected chi connectivity index (χ2v) is 8.98. The summed E-state index contributed by atoms with van der Waals surface area (Å²) >= 11 is 0. The number of aromatic nitrogens is 3. The topological polar surface area (TPSA) is 85.4 Å². The van der Waals surface area contributed by atoms with Gasteiger partial charge in [0.05, 0.1) is 30.4 Å². The Morgan fingerprint density at radius 1 is 1.28 bits per heavy atom. The van der Waals surface area contributed by atoms with Crippen LogP contribution in [0.2, 0.25) is 0 Å². The highest BCUT2D eigenvalue weighted by Crippen LogP contribution is 2.35. The van der Waals surface area contributed by atoms with E-state index in [4.69, 9.17) is 19.3 Å². The summed E-state index contributed by atoms with van der Waals surface area (Å²) in [5.41, 5.74) is 1.86. The third-order valence-electron chi connectivity index (χ3n) is 5.97. The number of nitriles is 1. The van der Waals surface area contributed by atoms with E-state index in [1.807, 2.05) is 20.0 Å². The minimum atomic E-state index is -0.530. The zero-order valence-corrected chi connectivity index (χ0v) is 20.4. The second kappa shape index (κ2) is 10.8. The SMILES string of the molecule is CCC1OC(n2ccc3c(C)nc(C)nc32)C[C@@H]1OB(OCCC#N)N(C(C)C)C(C)C. The van der Waals surface area contributed by atoms with E-state index in [-0.39, 0.29) is 30.5 Å². The van der Waals surface area contributed by atoms with Crippen LogP contribution in [-0.2, 0) is 14.0 Å². The number of rotatable bonds is 10. The van der Waals surface area contributed by atoms with E-state index >= 15 is 0 Å². The molecule has 2 unspecified atom stereocenters. The van der Waals surface area contributed by atoms with Crippen LogP contribution >= 0.6 is 0 Å². The van der Waals surface area contributed by atoms with Gasteiger partial charge in [-0.05, 0) is 38.4 Å². The van der Waals surface area contributed by atoms with Crippen LogP contribution in [0.3, 0.4) is 0 Å². The van der Waals surface area contributed by atoms with Gasteiger partial charge >= 0.3 is 7.25 Å². The summed E-state index contributed by atoms with van der Waals surface area (Å²) in [4.78, 5) is 11.3. The standard InChI is InChI=1S/C23H36BN5O3/c1-8-20-21(32-24(30-13-9-11-25)29(15(2)3)16(4)5)14-22(31-20)28-12-10-19-17(6)26-18(7)27-23(19)28/h10,12,15-16,20-22H,8-9,13-14H2,1-7H3/t20?,21-,22?/m0/s1. The average Bonchev–Trinajstić information content (AvgIpc) is 3.31. The summed E-state index contributed by atoms with van der Waals surface area (Å²) in [6.07, 6.45) is 3.55. The normalized spacial score (nSPS) is 21.2. The van der Waals surface area contributed by atoms with Gasteiger partial charge < -0.3 is 18.6 Å². The molecule has 1 fully saturated rings. The minimum Gasteiger partial charge on any atom is -0.396 e. The Balaban J connectivity index is 1.83. The van der Waals surface area contributed by atoms with Crippen LogP contribution in [-0.4, -0.2) is 57.5 Å². The first-order valence-corrected chi connectivity index (χ1v) is 11.6. The van der Waals surface area contributed by atoms with E-state index in [1.165, 1.54) is 0 Å². The van der Waals surface area contributed by atoms with Crippen LogP contribution in [0.15, 0.2) is 12.3 Å². The van der Waals surface area contributed by atoms with E-state index in [1.54, 1.807) is 0 Å². The van der Waals surface area contributed by atoms with Gasteiger partial charge in [0, 0.05) is 24.6 Å². The summed E-state index contributed by atoms with van der Waals surface area (Å²) in [7, 11) is -0.530. The molecular weight excluding hydrogens is 405 g/mol. The third-order valence-corrected chi connectivity index (χ3v) is 5.97. The molecule has 9 heteroatoms. The zero-order valence-electron chi connectivity index (χ0n) is 20.4.